The van der Waals surface area contributed by atoms with Gasteiger partial charge in [-0.15, -0.1) is 0 Å². The number of carbonyl (C=O) groups is 2. The Kier molecular flexibility index (Phi) is 9.52. The zero-order valence-electron chi connectivity index (χ0n) is 22.2. The van der Waals surface area contributed by atoms with E-state index in [9.17, 15) is 14.9 Å². The number of rotatable bonds is 12. The Morgan fingerprint density at radius 1 is 0.925 bits per heavy atom. The van der Waals surface area contributed by atoms with Crippen LogP contribution < -0.4 is 20.5 Å². The lowest BCUT2D eigenvalue weighted by Gasteiger charge is -2.19. The Labute approximate surface area is 234 Å². The number of amides is 2. The van der Waals surface area contributed by atoms with Crippen molar-refractivity contribution in [2.24, 2.45) is 5.73 Å². The Balaban J connectivity index is 1.45. The normalized spacial score (nSPS) is 12.0. The number of hydrogen-bond acceptors (Lipinski definition) is 5. The predicted molar refractivity (Wildman–Crippen MR) is 153 cm³/mol. The van der Waals surface area contributed by atoms with Gasteiger partial charge in [-0.05, 0) is 60.4 Å². The van der Waals surface area contributed by atoms with Crippen LogP contribution in [0, 0.1) is 11.3 Å². The van der Waals surface area contributed by atoms with Crippen LogP contribution >= 0.6 is 0 Å². The lowest BCUT2D eigenvalue weighted by Crippen LogP contribution is -2.37. The van der Waals surface area contributed by atoms with Gasteiger partial charge < -0.3 is 20.5 Å². The van der Waals surface area contributed by atoms with Crippen LogP contribution in [0.1, 0.15) is 36.0 Å². The number of nitriles is 1. The van der Waals surface area contributed by atoms with Gasteiger partial charge in [-0.1, -0.05) is 72.8 Å². The molecule has 4 aromatic rings. The van der Waals surface area contributed by atoms with Gasteiger partial charge in [0.2, 0.25) is 11.8 Å². The summed E-state index contributed by atoms with van der Waals surface area (Å²) in [4.78, 5) is 24.5. The Morgan fingerprint density at radius 3 is 2.35 bits per heavy atom. The van der Waals surface area contributed by atoms with E-state index in [4.69, 9.17) is 15.2 Å². The molecule has 4 aromatic carbocycles. The fourth-order valence-electron chi connectivity index (χ4n) is 4.41. The van der Waals surface area contributed by atoms with Crippen LogP contribution in [-0.2, 0) is 16.0 Å². The molecule has 0 aromatic heterocycles. The van der Waals surface area contributed by atoms with Crippen LogP contribution in [0.25, 0.3) is 11.1 Å². The summed E-state index contributed by atoms with van der Waals surface area (Å²) < 4.78 is 12.1. The molecule has 0 bridgehead atoms. The second-order valence-electron chi connectivity index (χ2n) is 9.34. The Bertz CT molecular complexity index is 1480. The van der Waals surface area contributed by atoms with Gasteiger partial charge in [0.25, 0.3) is 0 Å². The molecule has 40 heavy (non-hydrogen) atoms. The van der Waals surface area contributed by atoms with Crippen LogP contribution in [0.5, 0.6) is 11.5 Å². The third kappa shape index (κ3) is 7.71. The molecular weight excluding hydrogens is 502 g/mol. The van der Waals surface area contributed by atoms with Crippen LogP contribution in [0.2, 0.25) is 0 Å². The first kappa shape index (κ1) is 27.9. The fourth-order valence-corrected chi connectivity index (χ4v) is 4.41. The van der Waals surface area contributed by atoms with E-state index in [1.165, 1.54) is 0 Å². The van der Waals surface area contributed by atoms with Crippen molar-refractivity contribution in [3.8, 4) is 28.7 Å². The molecule has 202 valence electrons. The third-order valence-corrected chi connectivity index (χ3v) is 6.35. The lowest BCUT2D eigenvalue weighted by atomic mass is 9.95. The van der Waals surface area contributed by atoms with Crippen molar-refractivity contribution in [3.05, 3.63) is 120 Å². The van der Waals surface area contributed by atoms with Crippen molar-refractivity contribution in [2.45, 2.75) is 31.9 Å². The summed E-state index contributed by atoms with van der Waals surface area (Å²) in [5.41, 5.74) is 9.35. The highest BCUT2D eigenvalue weighted by molar-refractivity contribution is 5.82. The second-order valence-corrected chi connectivity index (χ2v) is 9.34. The minimum atomic E-state index is -0.606. The maximum absolute atomic E-state index is 12.5. The van der Waals surface area contributed by atoms with E-state index in [0.717, 1.165) is 16.7 Å². The number of nitrogens with two attached hydrogens (primary N) is 1. The van der Waals surface area contributed by atoms with Crippen molar-refractivity contribution in [2.75, 3.05) is 6.61 Å². The summed E-state index contributed by atoms with van der Waals surface area (Å²) in [6, 6.07) is 33.6. The Hall–Kier alpha value is -5.09. The highest BCUT2D eigenvalue weighted by atomic mass is 16.5. The zero-order valence-corrected chi connectivity index (χ0v) is 22.2. The number of primary amides is 1. The molecule has 0 radical (unpaired) electrons. The maximum Gasteiger partial charge on any atom is 0.227 e. The molecule has 0 fully saturated rings. The molecule has 0 spiro atoms. The molecule has 0 aliphatic heterocycles. The zero-order chi connectivity index (χ0) is 28.3. The molecule has 2 amide bonds. The topological polar surface area (TPSA) is 114 Å². The van der Waals surface area contributed by atoms with Crippen molar-refractivity contribution in [3.63, 3.8) is 0 Å². The molecule has 7 nitrogen and oxygen atoms in total. The largest absolute Gasteiger partial charge is 0.494 e. The first-order valence-corrected chi connectivity index (χ1v) is 13.0. The van der Waals surface area contributed by atoms with E-state index in [0.29, 0.717) is 29.0 Å². The van der Waals surface area contributed by atoms with Crippen LogP contribution in [0.15, 0.2) is 103 Å². The molecular formula is C33H31N3O4. The van der Waals surface area contributed by atoms with Crippen molar-refractivity contribution < 1.29 is 19.1 Å². The van der Waals surface area contributed by atoms with E-state index in [1.54, 1.807) is 25.1 Å². The van der Waals surface area contributed by atoms with E-state index in [-0.39, 0.29) is 18.9 Å². The minimum Gasteiger partial charge on any atom is -0.494 e. The van der Waals surface area contributed by atoms with Gasteiger partial charge in [0.05, 0.1) is 30.6 Å². The standard InChI is InChI=1S/C33H31N3O4/c1-23(36-32(37)20-24-9-4-2-5-10-24)40-31-16-15-25(22-34)19-30(31)27-13-8-14-28(21-27)39-18-17-29(33(35)38)26-11-6-3-7-12-26/h2-16,19,21,23,29H,17-18,20H2,1H3,(H2,35,38)(H,36,37). The van der Waals surface area contributed by atoms with Crippen molar-refractivity contribution in [1.82, 2.24) is 5.32 Å². The molecule has 7 heteroatoms. The molecule has 2 unspecified atom stereocenters. The molecule has 0 aliphatic rings. The molecule has 2 atom stereocenters. The summed E-state index contributed by atoms with van der Waals surface area (Å²) in [6.45, 7) is 2.05. The Morgan fingerprint density at radius 2 is 1.65 bits per heavy atom. The van der Waals surface area contributed by atoms with Crippen LogP contribution in [-0.4, -0.2) is 24.6 Å². The van der Waals surface area contributed by atoms with Crippen LogP contribution in [0.3, 0.4) is 0 Å². The number of nitrogens with zero attached hydrogens (tertiary/aromatic N) is 1. The maximum atomic E-state index is 12.5. The first-order chi connectivity index (χ1) is 19.4. The van der Waals surface area contributed by atoms with Gasteiger partial charge in [0.15, 0.2) is 6.23 Å². The third-order valence-electron chi connectivity index (χ3n) is 6.35. The van der Waals surface area contributed by atoms with Crippen molar-refractivity contribution >= 4 is 11.8 Å². The van der Waals surface area contributed by atoms with Gasteiger partial charge in [-0.2, -0.15) is 5.26 Å². The number of nitrogens with one attached hydrogen (secondary N) is 1. The highest BCUT2D eigenvalue weighted by Crippen LogP contribution is 2.34. The highest BCUT2D eigenvalue weighted by Gasteiger charge is 2.18. The summed E-state index contributed by atoms with van der Waals surface area (Å²) in [5.74, 6) is 0.112. The summed E-state index contributed by atoms with van der Waals surface area (Å²) in [6.07, 6.45) is 0.0722. The average molecular weight is 534 g/mol. The first-order valence-electron chi connectivity index (χ1n) is 13.0. The van der Waals surface area contributed by atoms with Gasteiger partial charge in [-0.25, -0.2) is 0 Å². The fraction of sp³-hybridized carbons (Fsp3) is 0.182. The van der Waals surface area contributed by atoms with Crippen LogP contribution in [0.4, 0.5) is 0 Å². The number of benzene rings is 4. The monoisotopic (exact) mass is 533 g/mol. The summed E-state index contributed by atoms with van der Waals surface area (Å²) >= 11 is 0. The molecule has 4 rings (SSSR count). The van der Waals surface area contributed by atoms with E-state index in [1.807, 2.05) is 84.9 Å². The van der Waals surface area contributed by atoms with E-state index < -0.39 is 18.1 Å². The van der Waals surface area contributed by atoms with Gasteiger partial charge in [-0.3, -0.25) is 9.59 Å². The molecule has 0 heterocycles. The molecule has 0 saturated carbocycles. The predicted octanol–water partition coefficient (Wildman–Crippen LogP) is 5.35. The second kappa shape index (κ2) is 13.6. The van der Waals surface area contributed by atoms with Gasteiger partial charge >= 0.3 is 0 Å². The number of carbonyl (C=O) groups excluding carboxylic acids is 2. The molecule has 0 saturated heterocycles. The molecule has 3 N–H and O–H groups in total. The van der Waals surface area contributed by atoms with Gasteiger partial charge in [0.1, 0.15) is 11.5 Å². The van der Waals surface area contributed by atoms with E-state index >= 15 is 0 Å². The van der Waals surface area contributed by atoms with Gasteiger partial charge in [0, 0.05) is 5.56 Å². The smallest absolute Gasteiger partial charge is 0.227 e. The minimum absolute atomic E-state index is 0.158. The average Bonchev–Trinajstić information content (AvgIpc) is 2.96. The summed E-state index contributed by atoms with van der Waals surface area (Å²) in [5, 5.41) is 12.4. The van der Waals surface area contributed by atoms with Crippen molar-refractivity contribution in [1.29, 1.82) is 5.26 Å². The number of ether oxygens (including phenoxy) is 2. The molecule has 0 aliphatic carbocycles. The number of hydrogen-bond donors (Lipinski definition) is 2. The van der Waals surface area contributed by atoms with E-state index in [2.05, 4.69) is 11.4 Å². The lowest BCUT2D eigenvalue weighted by molar-refractivity contribution is -0.122. The summed E-state index contributed by atoms with van der Waals surface area (Å²) in [7, 11) is 0. The quantitative estimate of drug-likeness (QED) is 0.238. The SMILES string of the molecule is CC(NC(=O)Cc1ccccc1)Oc1ccc(C#N)cc1-c1cccc(OCCC(C(N)=O)c2ccccc2)c1.